The standard InChI is InChI=1S/C9H15N3S/c1-8(5-10)6-11-12-9-3-2-4-13-7-9/h8,11H,2-4,6-7H2,1H3/b12-9+. The summed E-state index contributed by atoms with van der Waals surface area (Å²) in [4.78, 5) is 0. The highest BCUT2D eigenvalue weighted by Crippen LogP contribution is 2.13. The molecule has 0 spiro atoms. The predicted molar refractivity (Wildman–Crippen MR) is 56.8 cm³/mol. The molecule has 0 aliphatic carbocycles. The number of nitriles is 1. The Kier molecular flexibility index (Phi) is 4.69. The third kappa shape index (κ3) is 4.18. The fraction of sp³-hybridized carbons (Fsp3) is 0.778. The van der Waals surface area contributed by atoms with E-state index in [9.17, 15) is 0 Å². The summed E-state index contributed by atoms with van der Waals surface area (Å²) in [6, 6.07) is 2.17. The van der Waals surface area contributed by atoms with Gasteiger partial charge in [0.05, 0.1) is 12.0 Å². The minimum atomic E-state index is 0.0422. The molecule has 3 nitrogen and oxygen atoms in total. The van der Waals surface area contributed by atoms with Gasteiger partial charge in [-0.2, -0.15) is 22.1 Å². The summed E-state index contributed by atoms with van der Waals surface area (Å²) in [5.74, 6) is 2.35. The molecule has 1 heterocycles. The first-order valence-electron chi connectivity index (χ1n) is 4.58. The maximum Gasteiger partial charge on any atom is 0.0672 e. The highest BCUT2D eigenvalue weighted by atomic mass is 32.2. The lowest BCUT2D eigenvalue weighted by atomic mass is 10.2. The zero-order valence-electron chi connectivity index (χ0n) is 7.92. The molecule has 72 valence electrons. The molecule has 1 atom stereocenters. The number of nitrogens with zero attached hydrogens (tertiary/aromatic N) is 2. The number of hydrogen-bond donors (Lipinski definition) is 1. The zero-order valence-corrected chi connectivity index (χ0v) is 8.73. The van der Waals surface area contributed by atoms with Crippen LogP contribution >= 0.6 is 11.8 Å². The van der Waals surface area contributed by atoms with Gasteiger partial charge in [-0.1, -0.05) is 0 Å². The van der Waals surface area contributed by atoms with E-state index in [1.54, 1.807) is 0 Å². The molecule has 4 heteroatoms. The van der Waals surface area contributed by atoms with Crippen molar-refractivity contribution in [2.45, 2.75) is 19.8 Å². The Morgan fingerprint density at radius 2 is 2.62 bits per heavy atom. The van der Waals surface area contributed by atoms with Gasteiger partial charge in [0.2, 0.25) is 0 Å². The predicted octanol–water partition coefficient (Wildman–Crippen LogP) is 1.62. The lowest BCUT2D eigenvalue weighted by molar-refractivity contribution is 0.624. The van der Waals surface area contributed by atoms with Gasteiger partial charge in [-0.25, -0.2) is 0 Å². The van der Waals surface area contributed by atoms with E-state index in [0.29, 0.717) is 6.54 Å². The summed E-state index contributed by atoms with van der Waals surface area (Å²) in [5.41, 5.74) is 4.20. The molecule has 1 fully saturated rings. The molecule has 1 aliphatic heterocycles. The van der Waals surface area contributed by atoms with Crippen LogP contribution in [0.2, 0.25) is 0 Å². The smallest absolute Gasteiger partial charge is 0.0672 e. The topological polar surface area (TPSA) is 48.2 Å². The summed E-state index contributed by atoms with van der Waals surface area (Å²) < 4.78 is 0. The molecular formula is C9H15N3S. The second kappa shape index (κ2) is 5.87. The van der Waals surface area contributed by atoms with Crippen molar-refractivity contribution in [3.63, 3.8) is 0 Å². The van der Waals surface area contributed by atoms with Crippen LogP contribution in [0.4, 0.5) is 0 Å². The van der Waals surface area contributed by atoms with Crippen molar-refractivity contribution in [3.05, 3.63) is 0 Å². The van der Waals surface area contributed by atoms with Gasteiger partial charge >= 0.3 is 0 Å². The van der Waals surface area contributed by atoms with Gasteiger partial charge < -0.3 is 5.43 Å². The highest BCUT2D eigenvalue weighted by molar-refractivity contribution is 8.00. The van der Waals surface area contributed by atoms with Gasteiger partial charge in [0, 0.05) is 18.0 Å². The van der Waals surface area contributed by atoms with Crippen molar-refractivity contribution in [2.24, 2.45) is 11.0 Å². The first-order valence-corrected chi connectivity index (χ1v) is 5.74. The number of nitrogens with one attached hydrogen (secondary N) is 1. The van der Waals surface area contributed by atoms with Crippen LogP contribution in [0.15, 0.2) is 5.10 Å². The Bertz CT molecular complexity index is 211. The monoisotopic (exact) mass is 197 g/mol. The highest BCUT2D eigenvalue weighted by Gasteiger charge is 2.06. The molecule has 0 bridgehead atoms. The Labute approximate surface area is 83.6 Å². The Morgan fingerprint density at radius 1 is 1.77 bits per heavy atom. The van der Waals surface area contributed by atoms with Crippen LogP contribution in [-0.4, -0.2) is 23.8 Å². The van der Waals surface area contributed by atoms with E-state index in [1.807, 2.05) is 18.7 Å². The summed E-state index contributed by atoms with van der Waals surface area (Å²) in [6.07, 6.45) is 2.35. The van der Waals surface area contributed by atoms with E-state index in [1.165, 1.54) is 17.9 Å². The lowest BCUT2D eigenvalue weighted by Gasteiger charge is -2.12. The van der Waals surface area contributed by atoms with Crippen LogP contribution in [0.3, 0.4) is 0 Å². The molecule has 0 saturated carbocycles. The van der Waals surface area contributed by atoms with E-state index in [4.69, 9.17) is 5.26 Å². The summed E-state index contributed by atoms with van der Waals surface area (Å²) >= 11 is 1.93. The fourth-order valence-corrected chi connectivity index (χ4v) is 2.01. The minimum Gasteiger partial charge on any atom is -0.309 e. The van der Waals surface area contributed by atoms with Crippen LogP contribution in [-0.2, 0) is 0 Å². The second-order valence-corrected chi connectivity index (χ2v) is 4.33. The molecular weight excluding hydrogens is 182 g/mol. The van der Waals surface area contributed by atoms with Gasteiger partial charge in [0.25, 0.3) is 0 Å². The number of hydrazone groups is 1. The van der Waals surface area contributed by atoms with Crippen molar-refractivity contribution in [1.82, 2.24) is 5.43 Å². The van der Waals surface area contributed by atoms with Crippen LogP contribution in [0.25, 0.3) is 0 Å². The van der Waals surface area contributed by atoms with Gasteiger partial charge in [-0.3, -0.25) is 0 Å². The summed E-state index contributed by atoms with van der Waals surface area (Å²) in [6.45, 7) is 2.55. The number of hydrogen-bond acceptors (Lipinski definition) is 4. The molecule has 0 aromatic heterocycles. The van der Waals surface area contributed by atoms with Crippen molar-refractivity contribution < 1.29 is 0 Å². The lowest BCUT2D eigenvalue weighted by Crippen LogP contribution is -2.19. The van der Waals surface area contributed by atoms with Gasteiger partial charge in [0.1, 0.15) is 0 Å². The number of rotatable bonds is 3. The van der Waals surface area contributed by atoms with E-state index in [2.05, 4.69) is 16.6 Å². The molecule has 0 radical (unpaired) electrons. The first kappa shape index (κ1) is 10.4. The average molecular weight is 197 g/mol. The Morgan fingerprint density at radius 3 is 3.23 bits per heavy atom. The van der Waals surface area contributed by atoms with Gasteiger partial charge in [-0.05, 0) is 25.5 Å². The largest absolute Gasteiger partial charge is 0.309 e. The molecule has 0 aromatic rings. The van der Waals surface area contributed by atoms with E-state index in [0.717, 1.165) is 12.2 Å². The molecule has 1 unspecified atom stereocenters. The van der Waals surface area contributed by atoms with Crippen LogP contribution in [0.5, 0.6) is 0 Å². The van der Waals surface area contributed by atoms with Crippen molar-refractivity contribution in [1.29, 1.82) is 5.26 Å². The maximum atomic E-state index is 8.53. The average Bonchev–Trinajstić information content (AvgIpc) is 2.19. The second-order valence-electron chi connectivity index (χ2n) is 3.23. The molecule has 0 amide bonds. The summed E-state index contributed by atoms with van der Waals surface area (Å²) in [7, 11) is 0. The minimum absolute atomic E-state index is 0.0422. The van der Waals surface area contributed by atoms with E-state index in [-0.39, 0.29) is 5.92 Å². The Hall–Kier alpha value is -0.690. The Balaban J connectivity index is 2.19. The van der Waals surface area contributed by atoms with Gasteiger partial charge in [-0.15, -0.1) is 0 Å². The normalized spacial score (nSPS) is 22.3. The third-order valence-electron chi connectivity index (χ3n) is 1.88. The first-order chi connectivity index (χ1) is 6.33. The molecule has 1 N–H and O–H groups in total. The van der Waals surface area contributed by atoms with Crippen LogP contribution in [0, 0.1) is 17.2 Å². The maximum absolute atomic E-state index is 8.53. The number of thioether (sulfide) groups is 1. The third-order valence-corrected chi connectivity index (χ3v) is 2.99. The zero-order chi connectivity index (χ0) is 9.52. The SMILES string of the molecule is CC(C#N)CN/N=C1\CCCSC1. The van der Waals surface area contributed by atoms with Crippen molar-refractivity contribution in [2.75, 3.05) is 18.1 Å². The quantitative estimate of drug-likeness (QED) is 0.699. The van der Waals surface area contributed by atoms with Crippen molar-refractivity contribution >= 4 is 17.5 Å². The summed E-state index contributed by atoms with van der Waals surface area (Å²) in [5, 5.41) is 12.8. The van der Waals surface area contributed by atoms with Crippen LogP contribution in [0.1, 0.15) is 19.8 Å². The molecule has 0 aromatic carbocycles. The molecule has 1 rings (SSSR count). The molecule has 1 saturated heterocycles. The molecule has 13 heavy (non-hydrogen) atoms. The van der Waals surface area contributed by atoms with Gasteiger partial charge in [0.15, 0.2) is 0 Å². The van der Waals surface area contributed by atoms with Crippen LogP contribution < -0.4 is 5.43 Å². The van der Waals surface area contributed by atoms with E-state index >= 15 is 0 Å². The fourth-order valence-electron chi connectivity index (χ4n) is 1.07. The molecule has 1 aliphatic rings. The van der Waals surface area contributed by atoms with Crippen molar-refractivity contribution in [3.8, 4) is 6.07 Å². The van der Waals surface area contributed by atoms with E-state index < -0.39 is 0 Å².